The van der Waals surface area contributed by atoms with E-state index in [2.05, 4.69) is 4.98 Å². The lowest BCUT2D eigenvalue weighted by Gasteiger charge is -2.21. The lowest BCUT2D eigenvalue weighted by molar-refractivity contribution is -0.134. The van der Waals surface area contributed by atoms with Gasteiger partial charge in [0.05, 0.1) is 19.8 Å². The third-order valence-electron chi connectivity index (χ3n) is 3.84. The average molecular weight is 393 g/mol. The molecule has 0 atom stereocenters. The predicted molar refractivity (Wildman–Crippen MR) is 100 cm³/mol. The molecule has 1 aromatic carbocycles. The summed E-state index contributed by atoms with van der Waals surface area (Å²) >= 11 is 5.75. The van der Waals surface area contributed by atoms with Gasteiger partial charge in [-0.25, -0.2) is 9.78 Å². The Bertz CT molecular complexity index is 812. The van der Waals surface area contributed by atoms with Crippen LogP contribution in [0.1, 0.15) is 22.8 Å². The van der Waals surface area contributed by atoms with Gasteiger partial charge in [0, 0.05) is 19.3 Å². The highest BCUT2D eigenvalue weighted by atomic mass is 35.5. The number of methoxy groups -OCH3 is 2. The number of carbonyl (C=O) groups is 2. The summed E-state index contributed by atoms with van der Waals surface area (Å²) in [6.07, 6.45) is 1.40. The molecule has 1 aromatic heterocycles. The van der Waals surface area contributed by atoms with Crippen LogP contribution >= 0.6 is 11.6 Å². The van der Waals surface area contributed by atoms with Crippen LogP contribution in [0, 0.1) is 0 Å². The molecule has 0 saturated carbocycles. The van der Waals surface area contributed by atoms with E-state index in [9.17, 15) is 9.59 Å². The standard InChI is InChI=1S/C19H21ClN2O5/c1-4-22(11-13-5-6-15(25-2)16(9-13)26-3)18(23)12-27-19(24)14-7-8-21-17(20)10-14/h5-10H,4,11-12H2,1-3H3. The topological polar surface area (TPSA) is 78.0 Å². The average Bonchev–Trinajstić information content (AvgIpc) is 2.69. The summed E-state index contributed by atoms with van der Waals surface area (Å²) in [7, 11) is 3.11. The van der Waals surface area contributed by atoms with Crippen molar-refractivity contribution in [3.63, 3.8) is 0 Å². The van der Waals surface area contributed by atoms with Crippen molar-refractivity contribution >= 4 is 23.5 Å². The first kappa shape index (κ1) is 20.5. The number of pyridine rings is 1. The van der Waals surface area contributed by atoms with E-state index in [0.29, 0.717) is 24.6 Å². The van der Waals surface area contributed by atoms with E-state index in [1.165, 1.54) is 18.3 Å². The maximum absolute atomic E-state index is 12.4. The molecule has 0 N–H and O–H groups in total. The van der Waals surface area contributed by atoms with E-state index in [4.69, 9.17) is 25.8 Å². The van der Waals surface area contributed by atoms with Crippen LogP contribution in [0.3, 0.4) is 0 Å². The van der Waals surface area contributed by atoms with Crippen molar-refractivity contribution in [3.8, 4) is 11.5 Å². The molecular formula is C19H21ClN2O5. The molecule has 0 unspecified atom stereocenters. The van der Waals surface area contributed by atoms with Crippen molar-refractivity contribution in [1.82, 2.24) is 9.88 Å². The van der Waals surface area contributed by atoms with E-state index in [-0.39, 0.29) is 23.2 Å². The highest BCUT2D eigenvalue weighted by Gasteiger charge is 2.17. The summed E-state index contributed by atoms with van der Waals surface area (Å²) in [6.45, 7) is 2.31. The number of hydrogen-bond acceptors (Lipinski definition) is 6. The second kappa shape index (κ2) is 9.78. The van der Waals surface area contributed by atoms with Gasteiger partial charge in [-0.05, 0) is 36.8 Å². The molecule has 1 heterocycles. The number of ether oxygens (including phenoxy) is 3. The molecule has 2 rings (SSSR count). The monoisotopic (exact) mass is 392 g/mol. The summed E-state index contributed by atoms with van der Waals surface area (Å²) in [5.74, 6) is 0.260. The van der Waals surface area contributed by atoms with Gasteiger partial charge >= 0.3 is 5.97 Å². The van der Waals surface area contributed by atoms with Crippen LogP contribution in [0.15, 0.2) is 36.5 Å². The number of rotatable bonds is 8. The molecule has 0 fully saturated rings. The molecule has 2 aromatic rings. The third kappa shape index (κ3) is 5.59. The maximum Gasteiger partial charge on any atom is 0.338 e. The fourth-order valence-corrected chi connectivity index (χ4v) is 2.58. The number of hydrogen-bond donors (Lipinski definition) is 0. The van der Waals surface area contributed by atoms with Crippen LogP contribution < -0.4 is 9.47 Å². The van der Waals surface area contributed by atoms with Crippen molar-refractivity contribution in [2.24, 2.45) is 0 Å². The zero-order valence-corrected chi connectivity index (χ0v) is 16.2. The molecule has 0 spiro atoms. The Labute approximate surface area is 162 Å². The summed E-state index contributed by atoms with van der Waals surface area (Å²) in [5, 5.41) is 0.180. The Morgan fingerprint density at radius 2 is 1.85 bits per heavy atom. The number of carbonyl (C=O) groups excluding carboxylic acids is 2. The predicted octanol–water partition coefficient (Wildman–Crippen LogP) is 2.96. The molecule has 1 amide bonds. The minimum Gasteiger partial charge on any atom is -0.493 e. The summed E-state index contributed by atoms with van der Waals surface area (Å²) in [5.41, 5.74) is 1.11. The molecule has 8 heteroatoms. The van der Waals surface area contributed by atoms with Crippen LogP contribution in [0.4, 0.5) is 0 Å². The van der Waals surface area contributed by atoms with Gasteiger partial charge in [0.1, 0.15) is 5.15 Å². The van der Waals surface area contributed by atoms with Gasteiger partial charge in [0.2, 0.25) is 0 Å². The highest BCUT2D eigenvalue weighted by molar-refractivity contribution is 6.29. The van der Waals surface area contributed by atoms with Crippen molar-refractivity contribution < 1.29 is 23.8 Å². The lowest BCUT2D eigenvalue weighted by Crippen LogP contribution is -2.34. The van der Waals surface area contributed by atoms with Crippen molar-refractivity contribution in [2.45, 2.75) is 13.5 Å². The van der Waals surface area contributed by atoms with E-state index in [1.807, 2.05) is 13.0 Å². The zero-order valence-electron chi connectivity index (χ0n) is 15.4. The second-order valence-corrected chi connectivity index (χ2v) is 5.93. The number of nitrogens with zero attached hydrogens (tertiary/aromatic N) is 2. The van der Waals surface area contributed by atoms with E-state index >= 15 is 0 Å². The Balaban J connectivity index is 1.98. The maximum atomic E-state index is 12.4. The number of esters is 1. The molecule has 144 valence electrons. The summed E-state index contributed by atoms with van der Waals surface area (Å²) in [4.78, 5) is 29.8. The van der Waals surface area contributed by atoms with Gasteiger partial charge in [-0.15, -0.1) is 0 Å². The highest BCUT2D eigenvalue weighted by Crippen LogP contribution is 2.28. The molecule has 0 saturated heterocycles. The molecule has 0 radical (unpaired) electrons. The molecule has 0 aliphatic carbocycles. The summed E-state index contributed by atoms with van der Waals surface area (Å²) < 4.78 is 15.6. The number of benzene rings is 1. The van der Waals surface area contributed by atoms with Crippen LogP contribution in [0.25, 0.3) is 0 Å². The first-order valence-corrected chi connectivity index (χ1v) is 8.63. The number of halogens is 1. The molecule has 0 aliphatic rings. The molecule has 0 aliphatic heterocycles. The Morgan fingerprint density at radius 3 is 2.48 bits per heavy atom. The van der Waals surface area contributed by atoms with Crippen molar-refractivity contribution in [1.29, 1.82) is 0 Å². The SMILES string of the molecule is CCN(Cc1ccc(OC)c(OC)c1)C(=O)COC(=O)c1ccnc(Cl)c1. The zero-order chi connectivity index (χ0) is 19.8. The number of amides is 1. The van der Waals surface area contributed by atoms with Crippen molar-refractivity contribution in [2.75, 3.05) is 27.4 Å². The quantitative estimate of drug-likeness (QED) is 0.507. The Hall–Kier alpha value is -2.80. The van der Waals surface area contributed by atoms with Crippen LogP contribution in [-0.2, 0) is 16.1 Å². The van der Waals surface area contributed by atoms with Crippen LogP contribution in [0.5, 0.6) is 11.5 Å². The largest absolute Gasteiger partial charge is 0.493 e. The minimum absolute atomic E-state index is 0.180. The smallest absolute Gasteiger partial charge is 0.338 e. The Morgan fingerprint density at radius 1 is 1.11 bits per heavy atom. The fraction of sp³-hybridized carbons (Fsp3) is 0.316. The second-order valence-electron chi connectivity index (χ2n) is 5.54. The molecule has 7 nitrogen and oxygen atoms in total. The number of likely N-dealkylation sites (N-methyl/N-ethyl adjacent to an activating group) is 1. The molecular weight excluding hydrogens is 372 g/mol. The van der Waals surface area contributed by atoms with Gasteiger partial charge in [-0.2, -0.15) is 0 Å². The normalized spacial score (nSPS) is 10.2. The molecule has 27 heavy (non-hydrogen) atoms. The van der Waals surface area contributed by atoms with Gasteiger partial charge in [0.25, 0.3) is 5.91 Å². The first-order valence-electron chi connectivity index (χ1n) is 8.25. The molecule has 0 bridgehead atoms. The Kier molecular flexibility index (Phi) is 7.43. The van der Waals surface area contributed by atoms with Gasteiger partial charge in [-0.3, -0.25) is 4.79 Å². The lowest BCUT2D eigenvalue weighted by atomic mass is 10.2. The fourth-order valence-electron chi connectivity index (χ4n) is 2.41. The van der Waals surface area contributed by atoms with Crippen molar-refractivity contribution in [3.05, 3.63) is 52.8 Å². The summed E-state index contributed by atoms with van der Waals surface area (Å²) in [6, 6.07) is 8.29. The van der Waals surface area contributed by atoms with Gasteiger partial charge in [0.15, 0.2) is 18.1 Å². The van der Waals surface area contributed by atoms with E-state index < -0.39 is 5.97 Å². The van der Waals surface area contributed by atoms with E-state index in [1.54, 1.807) is 31.3 Å². The first-order chi connectivity index (χ1) is 13.0. The van der Waals surface area contributed by atoms with Gasteiger partial charge < -0.3 is 19.1 Å². The van der Waals surface area contributed by atoms with Crippen LogP contribution in [-0.4, -0.2) is 49.1 Å². The van der Waals surface area contributed by atoms with Crippen LogP contribution in [0.2, 0.25) is 5.15 Å². The van der Waals surface area contributed by atoms with Gasteiger partial charge in [-0.1, -0.05) is 17.7 Å². The third-order valence-corrected chi connectivity index (χ3v) is 4.05. The number of aromatic nitrogens is 1. The minimum atomic E-state index is -0.630. The van der Waals surface area contributed by atoms with E-state index in [0.717, 1.165) is 5.56 Å².